The number of thiocyanates is 2. The molecule has 0 N–H and O–H groups in total. The van der Waals surface area contributed by atoms with E-state index in [2.05, 4.69) is 5.40 Å². The highest BCUT2D eigenvalue weighted by Gasteiger charge is 2.12. The maximum Gasteiger partial charge on any atom is 0.134 e. The lowest BCUT2D eigenvalue weighted by Gasteiger charge is -2.10. The number of nitrogens with zero attached hydrogens (tertiary/aromatic N) is 2. The third-order valence-electron chi connectivity index (χ3n) is 1.74. The van der Waals surface area contributed by atoms with Crippen LogP contribution in [0.25, 0.3) is 0 Å². The summed E-state index contributed by atoms with van der Waals surface area (Å²) in [5, 5.41) is 21.9. The molecule has 0 aliphatic heterocycles. The first-order chi connectivity index (χ1) is 7.27. The Bertz CT molecular complexity index is 391. The lowest BCUT2D eigenvalue weighted by Crippen LogP contribution is -1.95. The summed E-state index contributed by atoms with van der Waals surface area (Å²) in [6.45, 7) is 0. The number of nitriles is 2. The molecule has 1 aromatic carbocycles. The molecule has 1 unspecified atom stereocenters. The van der Waals surface area contributed by atoms with Crippen molar-refractivity contribution in [1.82, 2.24) is 0 Å². The topological polar surface area (TPSA) is 47.6 Å². The van der Waals surface area contributed by atoms with Gasteiger partial charge in [0.25, 0.3) is 0 Å². The van der Waals surface area contributed by atoms with Gasteiger partial charge in [-0.1, -0.05) is 23.7 Å². The fraction of sp³-hybridized carbons (Fsp3) is 0.200. The Kier molecular flexibility index (Phi) is 5.42. The van der Waals surface area contributed by atoms with Gasteiger partial charge in [-0.25, -0.2) is 0 Å². The van der Waals surface area contributed by atoms with Crippen LogP contribution in [0.3, 0.4) is 0 Å². The minimum Gasteiger partial charge on any atom is -0.185 e. The molecule has 1 aromatic rings. The predicted molar refractivity (Wildman–Crippen MR) is 65.5 cm³/mol. The van der Waals surface area contributed by atoms with Gasteiger partial charge in [0.2, 0.25) is 0 Å². The van der Waals surface area contributed by atoms with E-state index >= 15 is 0 Å². The van der Waals surface area contributed by atoms with Gasteiger partial charge in [-0.3, -0.25) is 0 Å². The summed E-state index contributed by atoms with van der Waals surface area (Å²) in [5.41, 5.74) is 1.02. The number of hydrogen-bond donors (Lipinski definition) is 0. The van der Waals surface area contributed by atoms with E-state index in [4.69, 9.17) is 22.1 Å². The summed E-state index contributed by atoms with van der Waals surface area (Å²) in [7, 11) is 0. The van der Waals surface area contributed by atoms with Crippen LogP contribution in [0.1, 0.15) is 10.8 Å². The van der Waals surface area contributed by atoms with Crippen LogP contribution in [-0.4, -0.2) is 5.75 Å². The van der Waals surface area contributed by atoms with Gasteiger partial charge in [0.05, 0.1) is 5.25 Å². The second-order valence-electron chi connectivity index (χ2n) is 2.65. The van der Waals surface area contributed by atoms with Gasteiger partial charge < -0.3 is 0 Å². The second kappa shape index (κ2) is 6.63. The Morgan fingerprint density at radius 2 is 1.87 bits per heavy atom. The third kappa shape index (κ3) is 4.05. The molecule has 0 radical (unpaired) electrons. The molecule has 0 saturated carbocycles. The van der Waals surface area contributed by atoms with Crippen molar-refractivity contribution in [2.24, 2.45) is 0 Å². The summed E-state index contributed by atoms with van der Waals surface area (Å²) in [6, 6.07) is 7.35. The van der Waals surface area contributed by atoms with Crippen LogP contribution < -0.4 is 0 Å². The Morgan fingerprint density at radius 3 is 2.40 bits per heavy atom. The fourth-order valence-corrected chi connectivity index (χ4v) is 2.49. The number of thioether (sulfide) groups is 2. The third-order valence-corrected chi connectivity index (χ3v) is 3.66. The van der Waals surface area contributed by atoms with E-state index in [1.54, 1.807) is 12.1 Å². The molecule has 0 spiro atoms. The smallest absolute Gasteiger partial charge is 0.134 e. The molecule has 0 aliphatic carbocycles. The highest BCUT2D eigenvalue weighted by molar-refractivity contribution is 8.07. The molecule has 1 rings (SSSR count). The van der Waals surface area contributed by atoms with E-state index in [1.807, 2.05) is 17.5 Å². The number of rotatable bonds is 4. The number of hydrogen-bond acceptors (Lipinski definition) is 4. The Balaban J connectivity index is 2.76. The van der Waals surface area contributed by atoms with Gasteiger partial charge >= 0.3 is 0 Å². The average Bonchev–Trinajstić information content (AvgIpc) is 2.25. The van der Waals surface area contributed by atoms with Crippen molar-refractivity contribution in [3.63, 3.8) is 0 Å². The summed E-state index contributed by atoms with van der Waals surface area (Å²) >= 11 is 8.09. The van der Waals surface area contributed by atoms with Gasteiger partial charge in [0.1, 0.15) is 10.8 Å². The molecule has 0 aliphatic rings. The van der Waals surface area contributed by atoms with Gasteiger partial charge in [-0.05, 0) is 41.2 Å². The van der Waals surface area contributed by atoms with Crippen LogP contribution in [0.4, 0.5) is 0 Å². The molecule has 0 bridgehead atoms. The largest absolute Gasteiger partial charge is 0.185 e. The van der Waals surface area contributed by atoms with Gasteiger partial charge in [-0.15, -0.1) is 0 Å². The molecular formula is C10H7ClN2S2. The SMILES string of the molecule is N#CSCC(SC#N)c1ccc(Cl)cc1. The van der Waals surface area contributed by atoms with Gasteiger partial charge in [0, 0.05) is 10.8 Å². The summed E-state index contributed by atoms with van der Waals surface area (Å²) < 4.78 is 0. The number of benzene rings is 1. The van der Waals surface area contributed by atoms with Gasteiger partial charge in [-0.2, -0.15) is 10.5 Å². The van der Waals surface area contributed by atoms with Crippen molar-refractivity contribution in [2.45, 2.75) is 5.25 Å². The maximum absolute atomic E-state index is 8.65. The molecule has 0 fully saturated rings. The van der Waals surface area contributed by atoms with E-state index < -0.39 is 0 Å². The second-order valence-corrected chi connectivity index (χ2v) is 4.88. The molecule has 15 heavy (non-hydrogen) atoms. The molecule has 1 atom stereocenters. The van der Waals surface area contributed by atoms with E-state index in [0.717, 1.165) is 17.3 Å². The molecular weight excluding hydrogens is 248 g/mol. The minimum atomic E-state index is 0.0249. The maximum atomic E-state index is 8.65. The van der Waals surface area contributed by atoms with Crippen molar-refractivity contribution < 1.29 is 0 Å². The normalized spacial score (nSPS) is 11.4. The van der Waals surface area contributed by atoms with Crippen LogP contribution >= 0.6 is 35.1 Å². The van der Waals surface area contributed by atoms with Crippen molar-refractivity contribution >= 4 is 35.1 Å². The zero-order valence-electron chi connectivity index (χ0n) is 7.68. The lowest BCUT2D eigenvalue weighted by molar-refractivity contribution is 1.13. The molecule has 5 heteroatoms. The first-order valence-electron chi connectivity index (χ1n) is 4.09. The van der Waals surface area contributed by atoms with E-state index in [9.17, 15) is 0 Å². The van der Waals surface area contributed by atoms with Crippen molar-refractivity contribution in [2.75, 3.05) is 5.75 Å². The zero-order valence-corrected chi connectivity index (χ0v) is 10.1. The minimum absolute atomic E-state index is 0.0249. The molecule has 76 valence electrons. The highest BCUT2D eigenvalue weighted by Crippen LogP contribution is 2.31. The van der Waals surface area contributed by atoms with Crippen molar-refractivity contribution in [1.29, 1.82) is 10.5 Å². The predicted octanol–water partition coefficient (Wildman–Crippen LogP) is 3.81. The highest BCUT2D eigenvalue weighted by atomic mass is 35.5. The van der Waals surface area contributed by atoms with Gasteiger partial charge in [0.15, 0.2) is 0 Å². The van der Waals surface area contributed by atoms with Crippen molar-refractivity contribution in [3.05, 3.63) is 34.9 Å². The zero-order chi connectivity index (χ0) is 11.1. The quantitative estimate of drug-likeness (QED) is 0.767. The van der Waals surface area contributed by atoms with E-state index in [0.29, 0.717) is 10.8 Å². The Hall–Kier alpha value is -0.810. The Morgan fingerprint density at radius 1 is 1.20 bits per heavy atom. The summed E-state index contributed by atoms with van der Waals surface area (Å²) in [6.07, 6.45) is 0. The van der Waals surface area contributed by atoms with E-state index in [-0.39, 0.29) is 5.25 Å². The van der Waals surface area contributed by atoms with Crippen LogP contribution in [0.15, 0.2) is 24.3 Å². The first kappa shape index (κ1) is 12.3. The molecule has 2 nitrogen and oxygen atoms in total. The number of halogens is 1. The van der Waals surface area contributed by atoms with Crippen LogP contribution in [0.2, 0.25) is 5.02 Å². The van der Waals surface area contributed by atoms with Crippen LogP contribution in [-0.2, 0) is 0 Å². The average molecular weight is 255 g/mol. The monoisotopic (exact) mass is 254 g/mol. The summed E-state index contributed by atoms with van der Waals surface area (Å²) in [5.74, 6) is 0.607. The van der Waals surface area contributed by atoms with Crippen molar-refractivity contribution in [3.8, 4) is 10.8 Å². The molecule has 0 aromatic heterocycles. The van der Waals surface area contributed by atoms with Crippen LogP contribution in [0.5, 0.6) is 0 Å². The lowest BCUT2D eigenvalue weighted by atomic mass is 10.2. The fourth-order valence-electron chi connectivity index (χ4n) is 1.05. The standard InChI is InChI=1S/C10H7ClN2S2/c11-9-3-1-8(2-4-9)10(15-7-13)5-14-6-12/h1-4,10H,5H2. The molecule has 0 amide bonds. The molecule has 0 saturated heterocycles. The first-order valence-corrected chi connectivity index (χ1v) is 6.33. The molecule has 0 heterocycles. The van der Waals surface area contributed by atoms with Crippen LogP contribution in [0, 0.1) is 21.3 Å². The Labute approximate surface area is 102 Å². The summed E-state index contributed by atoms with van der Waals surface area (Å²) in [4.78, 5) is 0. The van der Waals surface area contributed by atoms with E-state index in [1.165, 1.54) is 11.8 Å².